The molecule has 1 heterocycles. The fourth-order valence-electron chi connectivity index (χ4n) is 3.80. The highest BCUT2D eigenvalue weighted by Gasteiger charge is 2.18. The van der Waals surface area contributed by atoms with Gasteiger partial charge in [0.25, 0.3) is 0 Å². The van der Waals surface area contributed by atoms with Crippen LogP contribution in [0.5, 0.6) is 0 Å². The van der Waals surface area contributed by atoms with E-state index in [1.165, 1.54) is 5.56 Å². The van der Waals surface area contributed by atoms with Gasteiger partial charge in [0.15, 0.2) is 0 Å². The Morgan fingerprint density at radius 2 is 1.65 bits per heavy atom. The quantitative estimate of drug-likeness (QED) is 0.286. The highest BCUT2D eigenvalue weighted by Crippen LogP contribution is 2.32. The average molecular weight is 493 g/mol. The summed E-state index contributed by atoms with van der Waals surface area (Å²) in [6.45, 7) is 3.18. The summed E-state index contributed by atoms with van der Waals surface area (Å²) in [7, 11) is 0. The number of amides is 1. The largest absolute Gasteiger partial charge is 0.355 e. The molecule has 1 aromatic heterocycles. The minimum absolute atomic E-state index is 0.0546. The topological polar surface area (TPSA) is 58.1 Å². The number of aryl methyl sites for hydroxylation is 1. The molecule has 1 N–H and O–H groups in total. The van der Waals surface area contributed by atoms with Crippen LogP contribution in [0.1, 0.15) is 24.7 Å². The van der Waals surface area contributed by atoms with Crippen molar-refractivity contribution in [3.8, 4) is 0 Å². The van der Waals surface area contributed by atoms with Crippen LogP contribution in [0.25, 0.3) is 10.9 Å². The summed E-state index contributed by atoms with van der Waals surface area (Å²) >= 11 is 12.8. The second-order valence-electron chi connectivity index (χ2n) is 7.99. The molecule has 4 aromatic rings. The Balaban J connectivity index is 1.64. The maximum Gasteiger partial charge on any atom is 0.226 e. The molecule has 0 saturated heterocycles. The first-order valence-electron chi connectivity index (χ1n) is 11.3. The van der Waals surface area contributed by atoms with Gasteiger partial charge in [-0.25, -0.2) is 9.97 Å². The van der Waals surface area contributed by atoms with E-state index in [0.717, 1.165) is 23.3 Å². The molecule has 3 aromatic carbocycles. The van der Waals surface area contributed by atoms with Gasteiger partial charge in [0.1, 0.15) is 11.6 Å². The van der Waals surface area contributed by atoms with Crippen molar-refractivity contribution in [1.29, 1.82) is 0 Å². The Morgan fingerprint density at radius 1 is 0.941 bits per heavy atom. The van der Waals surface area contributed by atoms with Gasteiger partial charge >= 0.3 is 0 Å². The van der Waals surface area contributed by atoms with Crippen LogP contribution in [0.3, 0.4) is 0 Å². The van der Waals surface area contributed by atoms with E-state index in [-0.39, 0.29) is 5.91 Å². The second-order valence-corrected chi connectivity index (χ2v) is 8.83. The molecule has 0 bridgehead atoms. The first kappa shape index (κ1) is 24.0. The molecule has 0 saturated carbocycles. The van der Waals surface area contributed by atoms with Gasteiger partial charge < -0.3 is 10.2 Å². The molecule has 0 aliphatic carbocycles. The van der Waals surface area contributed by atoms with Crippen molar-refractivity contribution >= 4 is 51.5 Å². The number of benzene rings is 3. The summed E-state index contributed by atoms with van der Waals surface area (Å²) in [6.07, 6.45) is 1.79. The van der Waals surface area contributed by atoms with Crippen LogP contribution in [-0.4, -0.2) is 29.0 Å². The zero-order valence-electron chi connectivity index (χ0n) is 19.0. The van der Waals surface area contributed by atoms with Gasteiger partial charge in [-0.15, -0.1) is 0 Å². The third-order valence-corrected chi connectivity index (χ3v) is 6.05. The summed E-state index contributed by atoms with van der Waals surface area (Å²) in [5.41, 5.74) is 2.67. The number of halogens is 2. The molecule has 0 atom stereocenters. The Kier molecular flexibility index (Phi) is 7.99. The maximum atomic E-state index is 12.7. The van der Waals surface area contributed by atoms with Crippen LogP contribution in [-0.2, 0) is 17.6 Å². The van der Waals surface area contributed by atoms with E-state index in [9.17, 15) is 4.79 Å². The number of nitrogens with one attached hydrogen (secondary N) is 1. The highest BCUT2D eigenvalue weighted by atomic mass is 35.5. The lowest BCUT2D eigenvalue weighted by atomic mass is 10.1. The lowest BCUT2D eigenvalue weighted by Crippen LogP contribution is -2.31. The first-order chi connectivity index (χ1) is 16.5. The van der Waals surface area contributed by atoms with Gasteiger partial charge in [0.05, 0.1) is 10.5 Å². The van der Waals surface area contributed by atoms with Crippen LogP contribution < -0.4 is 10.2 Å². The summed E-state index contributed by atoms with van der Waals surface area (Å²) in [6, 6.07) is 23.3. The van der Waals surface area contributed by atoms with Crippen molar-refractivity contribution in [2.24, 2.45) is 0 Å². The van der Waals surface area contributed by atoms with Crippen LogP contribution >= 0.6 is 23.2 Å². The standard InChI is InChI=1S/C27H26Cl2N4O/c1-2-24-31-26-22(17-20(28)18-23(26)29)27(32-24)33(15-13-19-9-5-3-6-10-19)16-14-25(34)30-21-11-7-4-8-12-21/h3-12,17-18H,2,13-16H2,1H3,(H,30,34). The number of hydrogen-bond acceptors (Lipinski definition) is 4. The fraction of sp³-hybridized carbons (Fsp3) is 0.222. The second kappa shape index (κ2) is 11.3. The molecule has 0 radical (unpaired) electrons. The van der Waals surface area contributed by atoms with E-state index >= 15 is 0 Å². The number of para-hydroxylation sites is 1. The number of carbonyl (C=O) groups excluding carboxylic acids is 1. The molecule has 0 aliphatic heterocycles. The van der Waals surface area contributed by atoms with E-state index in [1.54, 1.807) is 6.07 Å². The van der Waals surface area contributed by atoms with Gasteiger partial charge in [-0.3, -0.25) is 4.79 Å². The average Bonchev–Trinajstić information content (AvgIpc) is 2.85. The van der Waals surface area contributed by atoms with Crippen molar-refractivity contribution in [1.82, 2.24) is 9.97 Å². The van der Waals surface area contributed by atoms with Gasteiger partial charge in [0.2, 0.25) is 5.91 Å². The number of carbonyl (C=O) groups is 1. The minimum Gasteiger partial charge on any atom is -0.355 e. The molecule has 34 heavy (non-hydrogen) atoms. The SMILES string of the molecule is CCc1nc(N(CCC(=O)Nc2ccccc2)CCc2ccccc2)c2cc(Cl)cc(Cl)c2n1. The predicted molar refractivity (Wildman–Crippen MR) is 141 cm³/mol. The molecule has 0 aliphatic rings. The van der Waals surface area contributed by atoms with Crippen LogP contribution in [0, 0.1) is 0 Å². The number of nitrogens with zero attached hydrogens (tertiary/aromatic N) is 3. The van der Waals surface area contributed by atoms with E-state index < -0.39 is 0 Å². The Morgan fingerprint density at radius 3 is 2.35 bits per heavy atom. The molecule has 4 rings (SSSR count). The minimum atomic E-state index is -0.0546. The first-order valence-corrected chi connectivity index (χ1v) is 12.1. The molecular weight excluding hydrogens is 467 g/mol. The molecule has 5 nitrogen and oxygen atoms in total. The number of aromatic nitrogens is 2. The highest BCUT2D eigenvalue weighted by molar-refractivity contribution is 6.38. The van der Waals surface area contributed by atoms with E-state index in [4.69, 9.17) is 28.2 Å². The predicted octanol–water partition coefficient (Wildman–Crippen LogP) is 6.58. The Labute approximate surface area is 209 Å². The summed E-state index contributed by atoms with van der Waals surface area (Å²) in [5.74, 6) is 1.39. The molecule has 1 amide bonds. The lowest BCUT2D eigenvalue weighted by Gasteiger charge is -2.26. The van der Waals surface area contributed by atoms with Crippen molar-refractivity contribution in [2.45, 2.75) is 26.2 Å². The number of hydrogen-bond donors (Lipinski definition) is 1. The van der Waals surface area contributed by atoms with Gasteiger partial charge in [-0.2, -0.15) is 0 Å². The number of anilines is 2. The molecule has 174 valence electrons. The van der Waals surface area contributed by atoms with Crippen LogP contribution in [0.15, 0.2) is 72.8 Å². The fourth-order valence-corrected chi connectivity index (χ4v) is 4.34. The zero-order valence-corrected chi connectivity index (χ0v) is 20.5. The van der Waals surface area contributed by atoms with E-state index in [1.807, 2.05) is 61.5 Å². The molecule has 7 heteroatoms. The molecule has 0 fully saturated rings. The smallest absolute Gasteiger partial charge is 0.226 e. The molecule has 0 unspecified atom stereocenters. The number of rotatable bonds is 9. The normalized spacial score (nSPS) is 10.9. The third-order valence-electron chi connectivity index (χ3n) is 5.54. The summed E-state index contributed by atoms with van der Waals surface area (Å²) in [4.78, 5) is 24.3. The van der Waals surface area contributed by atoms with Gasteiger partial charge in [-0.05, 0) is 36.2 Å². The van der Waals surface area contributed by atoms with Crippen molar-refractivity contribution in [2.75, 3.05) is 23.3 Å². The van der Waals surface area contributed by atoms with Gasteiger partial charge in [0, 0.05) is 42.0 Å². The lowest BCUT2D eigenvalue weighted by molar-refractivity contribution is -0.116. The van der Waals surface area contributed by atoms with Crippen LogP contribution in [0.2, 0.25) is 10.0 Å². The molecule has 0 spiro atoms. The maximum absolute atomic E-state index is 12.7. The third kappa shape index (κ3) is 6.04. The van der Waals surface area contributed by atoms with Crippen molar-refractivity contribution in [3.05, 3.63) is 94.2 Å². The number of fused-ring (bicyclic) bond motifs is 1. The Hall–Kier alpha value is -3.15. The van der Waals surface area contributed by atoms with Gasteiger partial charge in [-0.1, -0.05) is 78.7 Å². The van der Waals surface area contributed by atoms with Crippen molar-refractivity contribution in [3.63, 3.8) is 0 Å². The van der Waals surface area contributed by atoms with Crippen molar-refractivity contribution < 1.29 is 4.79 Å². The monoisotopic (exact) mass is 492 g/mol. The Bertz CT molecular complexity index is 1270. The molecular formula is C27H26Cl2N4O. The van der Waals surface area contributed by atoms with E-state index in [0.29, 0.717) is 47.3 Å². The zero-order chi connectivity index (χ0) is 23.9. The summed E-state index contributed by atoms with van der Waals surface area (Å²) in [5, 5.41) is 4.76. The van der Waals surface area contributed by atoms with Crippen LogP contribution in [0.4, 0.5) is 11.5 Å². The summed E-state index contributed by atoms with van der Waals surface area (Å²) < 4.78 is 0. The van der Waals surface area contributed by atoms with E-state index in [2.05, 4.69) is 27.3 Å².